The second-order valence-corrected chi connectivity index (χ2v) is 3.22. The molecule has 1 fully saturated rings. The number of piperazine rings is 1. The van der Waals surface area contributed by atoms with E-state index in [4.69, 9.17) is 5.90 Å². The van der Waals surface area contributed by atoms with E-state index in [1.165, 1.54) is 0 Å². The molecule has 0 saturated carbocycles. The predicted molar refractivity (Wildman–Crippen MR) is 48.8 cm³/mol. The lowest BCUT2D eigenvalue weighted by Crippen LogP contribution is -2.48. The van der Waals surface area contributed by atoms with E-state index in [9.17, 15) is 4.79 Å². The van der Waals surface area contributed by atoms with Crippen LogP contribution >= 0.6 is 0 Å². The zero-order valence-electron chi connectivity index (χ0n) is 8.03. The quantitative estimate of drug-likeness (QED) is 0.578. The van der Waals surface area contributed by atoms with Crippen LogP contribution in [0.1, 0.15) is 6.92 Å². The number of carbonyl (C=O) groups excluding carboxylic acids is 1. The average Bonchev–Trinajstić information content (AvgIpc) is 2.15. The summed E-state index contributed by atoms with van der Waals surface area (Å²) in [5, 5.41) is 0. The van der Waals surface area contributed by atoms with Crippen molar-refractivity contribution in [1.29, 1.82) is 0 Å². The van der Waals surface area contributed by atoms with Gasteiger partial charge in [-0.2, -0.15) is 0 Å². The van der Waals surface area contributed by atoms with Crippen molar-refractivity contribution in [3.63, 3.8) is 0 Å². The Morgan fingerprint density at radius 1 is 1.38 bits per heavy atom. The lowest BCUT2D eigenvalue weighted by Gasteiger charge is -2.33. The fourth-order valence-electron chi connectivity index (χ4n) is 1.47. The van der Waals surface area contributed by atoms with Gasteiger partial charge >= 0.3 is 0 Å². The molecule has 0 aromatic carbocycles. The van der Waals surface area contributed by atoms with Gasteiger partial charge in [0, 0.05) is 39.6 Å². The SMILES string of the molecule is CC(=O)N1CCN(CCON)CC1. The first kappa shape index (κ1) is 10.4. The van der Waals surface area contributed by atoms with Crippen LogP contribution in [0, 0.1) is 0 Å². The molecule has 1 aliphatic heterocycles. The highest BCUT2D eigenvalue weighted by molar-refractivity contribution is 5.73. The van der Waals surface area contributed by atoms with Crippen molar-refractivity contribution < 1.29 is 9.63 Å². The van der Waals surface area contributed by atoms with Crippen molar-refractivity contribution >= 4 is 5.91 Å². The number of nitrogens with two attached hydrogens (primary N) is 1. The maximum absolute atomic E-state index is 11.0. The Hall–Kier alpha value is -0.650. The van der Waals surface area contributed by atoms with Crippen LogP contribution < -0.4 is 5.90 Å². The zero-order chi connectivity index (χ0) is 9.68. The third-order valence-corrected chi connectivity index (χ3v) is 2.34. The summed E-state index contributed by atoms with van der Waals surface area (Å²) in [5.41, 5.74) is 0. The summed E-state index contributed by atoms with van der Waals surface area (Å²) in [6.45, 7) is 6.49. The van der Waals surface area contributed by atoms with E-state index in [2.05, 4.69) is 9.74 Å². The standard InChI is InChI=1S/C8H17N3O2/c1-8(12)11-4-2-10(3-5-11)6-7-13-9/h2-7,9H2,1H3. The number of amides is 1. The van der Waals surface area contributed by atoms with Gasteiger partial charge in [0.1, 0.15) is 0 Å². The van der Waals surface area contributed by atoms with Crippen molar-refractivity contribution in [1.82, 2.24) is 9.80 Å². The Balaban J connectivity index is 2.18. The summed E-state index contributed by atoms with van der Waals surface area (Å²) in [5.74, 6) is 5.09. The van der Waals surface area contributed by atoms with E-state index in [1.807, 2.05) is 4.90 Å². The molecular formula is C8H17N3O2. The van der Waals surface area contributed by atoms with Gasteiger partial charge in [-0.1, -0.05) is 0 Å². The molecular weight excluding hydrogens is 170 g/mol. The first-order chi connectivity index (χ1) is 6.24. The summed E-state index contributed by atoms with van der Waals surface area (Å²) in [4.78, 5) is 19.6. The highest BCUT2D eigenvalue weighted by Crippen LogP contribution is 2.00. The summed E-state index contributed by atoms with van der Waals surface area (Å²) in [7, 11) is 0. The molecule has 76 valence electrons. The molecule has 1 heterocycles. The van der Waals surface area contributed by atoms with E-state index in [1.54, 1.807) is 6.92 Å². The Labute approximate surface area is 78.4 Å². The maximum atomic E-state index is 11.0. The molecule has 1 rings (SSSR count). The molecule has 5 heteroatoms. The van der Waals surface area contributed by atoms with Gasteiger partial charge in [-0.3, -0.25) is 9.69 Å². The third kappa shape index (κ3) is 3.30. The normalized spacial score (nSPS) is 19.1. The molecule has 0 aromatic heterocycles. The van der Waals surface area contributed by atoms with Crippen LogP contribution in [0.2, 0.25) is 0 Å². The molecule has 0 bridgehead atoms. The molecule has 0 aliphatic carbocycles. The Morgan fingerprint density at radius 2 is 2.00 bits per heavy atom. The smallest absolute Gasteiger partial charge is 0.219 e. The second kappa shape index (κ2) is 5.16. The van der Waals surface area contributed by atoms with Crippen LogP contribution in [0.15, 0.2) is 0 Å². The fraction of sp³-hybridized carbons (Fsp3) is 0.875. The predicted octanol–water partition coefficient (Wildman–Crippen LogP) is -0.959. The molecule has 2 N–H and O–H groups in total. The molecule has 0 radical (unpaired) electrons. The van der Waals surface area contributed by atoms with Gasteiger partial charge in [0.05, 0.1) is 6.61 Å². The fourth-order valence-corrected chi connectivity index (χ4v) is 1.47. The van der Waals surface area contributed by atoms with E-state index in [0.717, 1.165) is 32.7 Å². The van der Waals surface area contributed by atoms with E-state index in [0.29, 0.717) is 6.61 Å². The number of nitrogens with zero attached hydrogens (tertiary/aromatic N) is 2. The molecule has 1 saturated heterocycles. The van der Waals surface area contributed by atoms with Gasteiger partial charge in [0.2, 0.25) is 5.91 Å². The summed E-state index contributed by atoms with van der Waals surface area (Å²) < 4.78 is 0. The number of rotatable bonds is 3. The molecule has 0 unspecified atom stereocenters. The Morgan fingerprint density at radius 3 is 2.46 bits per heavy atom. The largest absolute Gasteiger partial charge is 0.340 e. The summed E-state index contributed by atoms with van der Waals surface area (Å²) in [6, 6.07) is 0. The van der Waals surface area contributed by atoms with Gasteiger partial charge in [-0.25, -0.2) is 5.90 Å². The molecule has 0 spiro atoms. The van der Waals surface area contributed by atoms with Crippen molar-refractivity contribution in [3.8, 4) is 0 Å². The monoisotopic (exact) mass is 187 g/mol. The first-order valence-electron chi connectivity index (χ1n) is 4.53. The highest BCUT2D eigenvalue weighted by Gasteiger charge is 2.17. The summed E-state index contributed by atoms with van der Waals surface area (Å²) in [6.07, 6.45) is 0. The lowest BCUT2D eigenvalue weighted by atomic mass is 10.3. The molecule has 1 amide bonds. The minimum Gasteiger partial charge on any atom is -0.340 e. The van der Waals surface area contributed by atoms with Crippen LogP contribution in [0.25, 0.3) is 0 Å². The molecule has 0 atom stereocenters. The van der Waals surface area contributed by atoms with Crippen LogP contribution in [0.4, 0.5) is 0 Å². The average molecular weight is 187 g/mol. The van der Waals surface area contributed by atoms with Crippen molar-refractivity contribution in [2.45, 2.75) is 6.92 Å². The van der Waals surface area contributed by atoms with Gasteiger partial charge in [0.25, 0.3) is 0 Å². The number of carbonyl (C=O) groups is 1. The second-order valence-electron chi connectivity index (χ2n) is 3.22. The molecule has 0 aromatic rings. The van der Waals surface area contributed by atoms with Crippen LogP contribution in [0.3, 0.4) is 0 Å². The zero-order valence-corrected chi connectivity index (χ0v) is 8.03. The Bertz CT molecular complexity index is 167. The highest BCUT2D eigenvalue weighted by atomic mass is 16.6. The van der Waals surface area contributed by atoms with E-state index >= 15 is 0 Å². The third-order valence-electron chi connectivity index (χ3n) is 2.34. The Kier molecular flexibility index (Phi) is 4.14. The van der Waals surface area contributed by atoms with Gasteiger partial charge < -0.3 is 9.74 Å². The van der Waals surface area contributed by atoms with Crippen molar-refractivity contribution in [2.75, 3.05) is 39.3 Å². The number of hydrogen-bond donors (Lipinski definition) is 1. The summed E-state index contributed by atoms with van der Waals surface area (Å²) >= 11 is 0. The van der Waals surface area contributed by atoms with Crippen molar-refractivity contribution in [2.24, 2.45) is 5.90 Å². The molecule has 1 aliphatic rings. The van der Waals surface area contributed by atoms with E-state index < -0.39 is 0 Å². The van der Waals surface area contributed by atoms with Crippen molar-refractivity contribution in [3.05, 3.63) is 0 Å². The first-order valence-corrected chi connectivity index (χ1v) is 4.53. The van der Waals surface area contributed by atoms with Crippen LogP contribution in [0.5, 0.6) is 0 Å². The minimum atomic E-state index is 0.162. The molecule has 13 heavy (non-hydrogen) atoms. The van der Waals surface area contributed by atoms with E-state index in [-0.39, 0.29) is 5.91 Å². The minimum absolute atomic E-state index is 0.162. The topological polar surface area (TPSA) is 58.8 Å². The van der Waals surface area contributed by atoms with Gasteiger partial charge in [-0.05, 0) is 0 Å². The van der Waals surface area contributed by atoms with Gasteiger partial charge in [-0.15, -0.1) is 0 Å². The maximum Gasteiger partial charge on any atom is 0.219 e. The lowest BCUT2D eigenvalue weighted by molar-refractivity contribution is -0.130. The van der Waals surface area contributed by atoms with Gasteiger partial charge in [0.15, 0.2) is 0 Å². The number of hydrogen-bond acceptors (Lipinski definition) is 4. The molecule has 5 nitrogen and oxygen atoms in total. The van der Waals surface area contributed by atoms with Crippen LogP contribution in [-0.4, -0.2) is 55.0 Å². The van der Waals surface area contributed by atoms with Crippen LogP contribution in [-0.2, 0) is 9.63 Å².